The number of amides is 1. The van der Waals surface area contributed by atoms with E-state index in [0.29, 0.717) is 25.3 Å². The van der Waals surface area contributed by atoms with E-state index in [1.54, 1.807) is 25.5 Å². The van der Waals surface area contributed by atoms with Crippen LogP contribution < -0.4 is 10.2 Å². The summed E-state index contributed by atoms with van der Waals surface area (Å²) in [6, 6.07) is 17.6. The Balaban J connectivity index is 1.55. The normalized spacial score (nSPS) is 13.4. The Morgan fingerprint density at radius 1 is 1.06 bits per heavy atom. The first-order valence-corrected chi connectivity index (χ1v) is 12.7. The lowest BCUT2D eigenvalue weighted by Crippen LogP contribution is -2.30. The molecule has 3 aromatic rings. The molecular weight excluding hydrogens is 436 g/mol. The van der Waals surface area contributed by atoms with E-state index in [1.165, 1.54) is 27.8 Å². The molecule has 1 amide bonds. The summed E-state index contributed by atoms with van der Waals surface area (Å²) in [5.41, 5.74) is 4.59. The van der Waals surface area contributed by atoms with Crippen molar-refractivity contribution in [2.45, 2.75) is 31.7 Å². The van der Waals surface area contributed by atoms with Gasteiger partial charge in [-0.3, -0.25) is 4.79 Å². The van der Waals surface area contributed by atoms with Crippen LogP contribution in [0.5, 0.6) is 0 Å². The first kappa shape index (κ1) is 23.1. The molecule has 1 aromatic heterocycles. The predicted octanol–water partition coefficient (Wildman–Crippen LogP) is 3.87. The molecule has 0 unspecified atom stereocenters. The van der Waals surface area contributed by atoms with Gasteiger partial charge in [0.2, 0.25) is 10.0 Å². The molecule has 1 N–H and O–H groups in total. The number of carbonyl (C=O) groups excluding carboxylic acids is 1. The van der Waals surface area contributed by atoms with Gasteiger partial charge in [-0.1, -0.05) is 50.2 Å². The van der Waals surface area contributed by atoms with E-state index in [1.807, 2.05) is 30.3 Å². The smallest absolute Gasteiger partial charge is 0.272 e. The van der Waals surface area contributed by atoms with Gasteiger partial charge in [-0.2, -0.15) is 4.31 Å². The van der Waals surface area contributed by atoms with Crippen LogP contribution in [0.2, 0.25) is 0 Å². The summed E-state index contributed by atoms with van der Waals surface area (Å²) in [4.78, 5) is 15.6. The first-order chi connectivity index (χ1) is 15.8. The monoisotopic (exact) mass is 466 g/mol. The lowest BCUT2D eigenvalue weighted by Gasteiger charge is -2.21. The first-order valence-electron chi connectivity index (χ1n) is 11.2. The lowest BCUT2D eigenvalue weighted by molar-refractivity contribution is 0.101. The highest BCUT2D eigenvalue weighted by molar-refractivity contribution is 7.89. The van der Waals surface area contributed by atoms with Gasteiger partial charge >= 0.3 is 0 Å². The molecule has 174 valence electrons. The van der Waals surface area contributed by atoms with E-state index in [2.05, 4.69) is 28.4 Å². The van der Waals surface area contributed by atoms with Crippen LogP contribution in [0.4, 0.5) is 11.4 Å². The summed E-state index contributed by atoms with van der Waals surface area (Å²) < 4.78 is 28.7. The highest BCUT2D eigenvalue weighted by Crippen LogP contribution is 2.30. The fourth-order valence-corrected chi connectivity index (χ4v) is 5.89. The van der Waals surface area contributed by atoms with E-state index in [0.717, 1.165) is 24.2 Å². The molecule has 2 aromatic carbocycles. The van der Waals surface area contributed by atoms with Crippen LogP contribution in [-0.2, 0) is 30.0 Å². The van der Waals surface area contributed by atoms with Crippen molar-refractivity contribution >= 4 is 27.3 Å². The maximum Gasteiger partial charge on any atom is 0.272 e. The van der Waals surface area contributed by atoms with Crippen molar-refractivity contribution < 1.29 is 13.2 Å². The number of hydrogen-bond donors (Lipinski definition) is 1. The third kappa shape index (κ3) is 4.54. The number of para-hydroxylation sites is 2. The Morgan fingerprint density at radius 2 is 1.76 bits per heavy atom. The minimum absolute atomic E-state index is 0.126. The standard InChI is InChI=1S/C25H30N4O3S/c1-4-29(5-2)33(31,32)21-16-24(27(3)18-21)25(30)26-22-12-8-6-11-20(22)17-28-15-14-19-10-7-9-13-23(19)28/h6-13,16,18H,4-5,14-15,17H2,1-3H3,(H,26,30). The molecule has 0 bridgehead atoms. The highest BCUT2D eigenvalue weighted by atomic mass is 32.2. The van der Waals surface area contributed by atoms with Crippen molar-refractivity contribution in [2.75, 3.05) is 29.9 Å². The van der Waals surface area contributed by atoms with E-state index < -0.39 is 10.0 Å². The van der Waals surface area contributed by atoms with Crippen molar-refractivity contribution in [1.82, 2.24) is 8.87 Å². The number of rotatable bonds is 8. The third-order valence-electron chi connectivity index (χ3n) is 6.17. The zero-order valence-corrected chi connectivity index (χ0v) is 20.1. The van der Waals surface area contributed by atoms with Crippen molar-refractivity contribution in [3.63, 3.8) is 0 Å². The van der Waals surface area contributed by atoms with Gasteiger partial charge in [0.05, 0.1) is 0 Å². The minimum Gasteiger partial charge on any atom is -0.367 e. The van der Waals surface area contributed by atoms with E-state index >= 15 is 0 Å². The summed E-state index contributed by atoms with van der Waals surface area (Å²) in [5, 5.41) is 2.99. The Labute approximate surface area is 195 Å². The number of aromatic nitrogens is 1. The maximum atomic E-state index is 13.1. The Morgan fingerprint density at radius 3 is 2.52 bits per heavy atom. The SMILES string of the molecule is CCN(CC)S(=O)(=O)c1cc(C(=O)Nc2ccccc2CN2CCc3ccccc32)n(C)c1. The van der Waals surface area contributed by atoms with Gasteiger partial charge in [0.15, 0.2) is 0 Å². The van der Waals surface area contributed by atoms with Gasteiger partial charge < -0.3 is 14.8 Å². The maximum absolute atomic E-state index is 13.1. The van der Waals surface area contributed by atoms with Crippen LogP contribution in [0.25, 0.3) is 0 Å². The molecule has 0 spiro atoms. The van der Waals surface area contributed by atoms with Crippen molar-refractivity contribution in [3.05, 3.63) is 77.6 Å². The van der Waals surface area contributed by atoms with Gasteiger partial charge in [0, 0.05) is 50.8 Å². The second-order valence-corrected chi connectivity index (χ2v) is 10.1. The molecule has 0 radical (unpaired) electrons. The Hall–Kier alpha value is -3.10. The molecule has 0 fully saturated rings. The minimum atomic E-state index is -3.64. The Bertz CT molecular complexity index is 1260. The predicted molar refractivity (Wildman–Crippen MR) is 131 cm³/mol. The van der Waals surface area contributed by atoms with Gasteiger partial charge in [-0.25, -0.2) is 8.42 Å². The number of nitrogens with zero attached hydrogens (tertiary/aromatic N) is 3. The second kappa shape index (κ2) is 9.41. The zero-order valence-electron chi connectivity index (χ0n) is 19.3. The Kier molecular flexibility index (Phi) is 6.58. The fourth-order valence-electron chi connectivity index (χ4n) is 4.36. The number of sulfonamides is 1. The van der Waals surface area contributed by atoms with Gasteiger partial charge in [0.25, 0.3) is 5.91 Å². The number of fused-ring (bicyclic) bond motifs is 1. The van der Waals surface area contributed by atoms with Crippen LogP contribution in [0.1, 0.15) is 35.5 Å². The molecular formula is C25H30N4O3S. The quantitative estimate of drug-likeness (QED) is 0.547. The molecule has 8 heteroatoms. The molecule has 0 saturated heterocycles. The molecule has 1 aliphatic heterocycles. The van der Waals surface area contributed by atoms with Crippen molar-refractivity contribution in [3.8, 4) is 0 Å². The lowest BCUT2D eigenvalue weighted by atomic mass is 10.1. The molecule has 0 aliphatic carbocycles. The average Bonchev–Trinajstić information content (AvgIpc) is 3.40. The topological polar surface area (TPSA) is 74.7 Å². The molecule has 4 rings (SSSR count). The third-order valence-corrected chi connectivity index (χ3v) is 8.18. The fraction of sp³-hybridized carbons (Fsp3) is 0.320. The largest absolute Gasteiger partial charge is 0.367 e. The number of carbonyl (C=O) groups is 1. The number of anilines is 2. The summed E-state index contributed by atoms with van der Waals surface area (Å²) in [7, 11) is -1.95. The van der Waals surface area contributed by atoms with Gasteiger partial charge in [-0.15, -0.1) is 0 Å². The summed E-state index contributed by atoms with van der Waals surface area (Å²) >= 11 is 0. The number of benzene rings is 2. The van der Waals surface area contributed by atoms with Crippen LogP contribution in [0, 0.1) is 0 Å². The molecule has 0 saturated carbocycles. The molecule has 7 nitrogen and oxygen atoms in total. The van der Waals surface area contributed by atoms with Crippen molar-refractivity contribution in [2.24, 2.45) is 7.05 Å². The summed E-state index contributed by atoms with van der Waals surface area (Å²) in [5.74, 6) is -0.340. The molecule has 2 heterocycles. The van der Waals surface area contributed by atoms with E-state index in [9.17, 15) is 13.2 Å². The average molecular weight is 467 g/mol. The van der Waals surface area contributed by atoms with Crippen LogP contribution in [0.3, 0.4) is 0 Å². The van der Waals surface area contributed by atoms with Gasteiger partial charge in [0.1, 0.15) is 10.6 Å². The number of aryl methyl sites for hydroxylation is 1. The number of hydrogen-bond acceptors (Lipinski definition) is 4. The van der Waals surface area contributed by atoms with Crippen LogP contribution >= 0.6 is 0 Å². The van der Waals surface area contributed by atoms with E-state index in [-0.39, 0.29) is 10.8 Å². The summed E-state index contributed by atoms with van der Waals surface area (Å²) in [6.07, 6.45) is 2.51. The molecule has 0 atom stereocenters. The number of nitrogens with one attached hydrogen (secondary N) is 1. The molecule has 1 aliphatic rings. The van der Waals surface area contributed by atoms with Crippen molar-refractivity contribution in [1.29, 1.82) is 0 Å². The molecule has 33 heavy (non-hydrogen) atoms. The van der Waals surface area contributed by atoms with Crippen LogP contribution in [-0.4, -0.2) is 42.8 Å². The second-order valence-electron chi connectivity index (χ2n) is 8.17. The highest BCUT2D eigenvalue weighted by Gasteiger charge is 2.26. The van der Waals surface area contributed by atoms with E-state index in [4.69, 9.17) is 0 Å². The zero-order chi connectivity index (χ0) is 23.6. The summed E-state index contributed by atoms with van der Waals surface area (Å²) in [6.45, 7) is 5.97. The van der Waals surface area contributed by atoms with Crippen LogP contribution in [0.15, 0.2) is 65.7 Å². The van der Waals surface area contributed by atoms with Gasteiger partial charge in [-0.05, 0) is 35.7 Å².